The fourth-order valence-corrected chi connectivity index (χ4v) is 1.59. The molecule has 0 aromatic carbocycles. The Kier molecular flexibility index (Phi) is 3.71. The topological polar surface area (TPSA) is 24.5 Å². The summed E-state index contributed by atoms with van der Waals surface area (Å²) < 4.78 is 5.76. The van der Waals surface area contributed by atoms with E-state index in [1.807, 2.05) is 7.05 Å². The maximum Gasteiger partial charge on any atom is 0.0878 e. The molecule has 1 rings (SSSR count). The minimum absolute atomic E-state index is 0.0772. The maximum absolute atomic E-state index is 5.76. The Morgan fingerprint density at radius 2 is 2.23 bits per heavy atom. The highest BCUT2D eigenvalue weighted by atomic mass is 16.5. The molecule has 0 aliphatic carbocycles. The summed E-state index contributed by atoms with van der Waals surface area (Å²) >= 11 is 0. The standard InChI is InChI=1S/C10H22N2O/c1-5-12-6-7-13-9(8-12)10(2,3)11-4/h9,11H,5-8H2,1-4H3/t9-/m0/s1. The molecular weight excluding hydrogens is 164 g/mol. The summed E-state index contributed by atoms with van der Waals surface area (Å²) in [7, 11) is 1.99. The smallest absolute Gasteiger partial charge is 0.0878 e. The summed E-state index contributed by atoms with van der Waals surface area (Å²) in [5.41, 5.74) is 0.0772. The lowest BCUT2D eigenvalue weighted by molar-refractivity contribution is -0.0645. The Labute approximate surface area is 81.4 Å². The second-order valence-corrected chi connectivity index (χ2v) is 4.22. The number of hydrogen-bond donors (Lipinski definition) is 1. The summed E-state index contributed by atoms with van der Waals surface area (Å²) in [4.78, 5) is 2.44. The molecule has 0 aromatic heterocycles. The largest absolute Gasteiger partial charge is 0.374 e. The number of morpholine rings is 1. The first-order valence-electron chi connectivity index (χ1n) is 5.13. The van der Waals surface area contributed by atoms with E-state index in [0.717, 1.165) is 26.2 Å². The van der Waals surface area contributed by atoms with Crippen LogP contribution in [0.15, 0.2) is 0 Å². The van der Waals surface area contributed by atoms with Crippen molar-refractivity contribution in [2.24, 2.45) is 0 Å². The van der Waals surface area contributed by atoms with Crippen LogP contribution in [0.3, 0.4) is 0 Å². The molecule has 0 saturated carbocycles. The molecule has 1 fully saturated rings. The molecule has 1 saturated heterocycles. The van der Waals surface area contributed by atoms with Crippen LogP contribution in [0.4, 0.5) is 0 Å². The molecule has 1 aliphatic rings. The molecule has 78 valence electrons. The third kappa shape index (κ3) is 2.66. The van der Waals surface area contributed by atoms with Crippen molar-refractivity contribution in [2.45, 2.75) is 32.4 Å². The first-order valence-corrected chi connectivity index (χ1v) is 5.13. The molecule has 1 heterocycles. The Morgan fingerprint density at radius 3 is 2.77 bits per heavy atom. The number of rotatable bonds is 3. The quantitative estimate of drug-likeness (QED) is 0.702. The van der Waals surface area contributed by atoms with Crippen molar-refractivity contribution in [1.82, 2.24) is 10.2 Å². The average Bonchev–Trinajstić information content (AvgIpc) is 2.18. The minimum Gasteiger partial charge on any atom is -0.374 e. The molecular formula is C10H22N2O. The zero-order valence-corrected chi connectivity index (χ0v) is 9.26. The van der Waals surface area contributed by atoms with E-state index in [1.54, 1.807) is 0 Å². The van der Waals surface area contributed by atoms with Crippen LogP contribution in [-0.4, -0.2) is 49.8 Å². The summed E-state index contributed by atoms with van der Waals surface area (Å²) in [5, 5.41) is 3.30. The molecule has 13 heavy (non-hydrogen) atoms. The van der Waals surface area contributed by atoms with Crippen LogP contribution in [0.25, 0.3) is 0 Å². The summed E-state index contributed by atoms with van der Waals surface area (Å²) in [6, 6.07) is 0. The molecule has 0 amide bonds. The first kappa shape index (κ1) is 11.0. The van der Waals surface area contributed by atoms with E-state index in [9.17, 15) is 0 Å². The number of nitrogens with one attached hydrogen (secondary N) is 1. The van der Waals surface area contributed by atoms with Gasteiger partial charge in [-0.1, -0.05) is 6.92 Å². The summed E-state index contributed by atoms with van der Waals surface area (Å²) in [6.07, 6.45) is 0.311. The van der Waals surface area contributed by atoms with Gasteiger partial charge in [-0.3, -0.25) is 4.90 Å². The third-order valence-corrected chi connectivity index (χ3v) is 3.05. The van der Waals surface area contributed by atoms with E-state index in [4.69, 9.17) is 4.74 Å². The molecule has 0 unspecified atom stereocenters. The highest BCUT2D eigenvalue weighted by molar-refractivity contribution is 4.89. The average molecular weight is 186 g/mol. The molecule has 3 nitrogen and oxygen atoms in total. The molecule has 1 aliphatic heterocycles. The normalized spacial score (nSPS) is 26.3. The zero-order chi connectivity index (χ0) is 9.90. The third-order valence-electron chi connectivity index (χ3n) is 3.05. The van der Waals surface area contributed by atoms with E-state index < -0.39 is 0 Å². The van der Waals surface area contributed by atoms with Gasteiger partial charge in [0.2, 0.25) is 0 Å². The maximum atomic E-state index is 5.76. The van der Waals surface area contributed by atoms with Crippen LogP contribution >= 0.6 is 0 Å². The molecule has 0 aromatic rings. The lowest BCUT2D eigenvalue weighted by Crippen LogP contribution is -2.57. The van der Waals surface area contributed by atoms with Gasteiger partial charge in [0.15, 0.2) is 0 Å². The van der Waals surface area contributed by atoms with Crippen LogP contribution in [0.1, 0.15) is 20.8 Å². The van der Waals surface area contributed by atoms with Crippen LogP contribution in [0, 0.1) is 0 Å². The van der Waals surface area contributed by atoms with Crippen LogP contribution in [-0.2, 0) is 4.74 Å². The van der Waals surface area contributed by atoms with Crippen molar-refractivity contribution in [3.63, 3.8) is 0 Å². The van der Waals surface area contributed by atoms with Gasteiger partial charge in [0.1, 0.15) is 0 Å². The van der Waals surface area contributed by atoms with Gasteiger partial charge in [-0.25, -0.2) is 0 Å². The Morgan fingerprint density at radius 1 is 1.54 bits per heavy atom. The van der Waals surface area contributed by atoms with Crippen molar-refractivity contribution < 1.29 is 4.74 Å². The second-order valence-electron chi connectivity index (χ2n) is 4.22. The van der Waals surface area contributed by atoms with Gasteiger partial charge >= 0.3 is 0 Å². The monoisotopic (exact) mass is 186 g/mol. The van der Waals surface area contributed by atoms with E-state index in [1.165, 1.54) is 0 Å². The Hall–Kier alpha value is -0.120. The summed E-state index contributed by atoms with van der Waals surface area (Å²) in [5.74, 6) is 0. The van der Waals surface area contributed by atoms with Gasteiger partial charge in [0.05, 0.1) is 12.7 Å². The number of nitrogens with zero attached hydrogens (tertiary/aromatic N) is 1. The van der Waals surface area contributed by atoms with Crippen LogP contribution in [0.5, 0.6) is 0 Å². The lowest BCUT2D eigenvalue weighted by atomic mass is 9.96. The predicted octanol–water partition coefficient (Wildman–Crippen LogP) is 0.705. The van der Waals surface area contributed by atoms with Gasteiger partial charge < -0.3 is 10.1 Å². The molecule has 0 bridgehead atoms. The summed E-state index contributed by atoms with van der Waals surface area (Å²) in [6.45, 7) is 10.7. The van der Waals surface area contributed by atoms with E-state index in [-0.39, 0.29) is 5.54 Å². The van der Waals surface area contributed by atoms with Gasteiger partial charge in [-0.2, -0.15) is 0 Å². The highest BCUT2D eigenvalue weighted by Gasteiger charge is 2.32. The molecule has 0 spiro atoms. The van der Waals surface area contributed by atoms with Gasteiger partial charge in [-0.15, -0.1) is 0 Å². The van der Waals surface area contributed by atoms with Crippen molar-refractivity contribution in [3.8, 4) is 0 Å². The number of ether oxygens (including phenoxy) is 1. The Bertz CT molecular complexity index is 159. The van der Waals surface area contributed by atoms with Gasteiger partial charge in [-0.05, 0) is 27.4 Å². The predicted molar refractivity (Wildman–Crippen MR) is 55.0 cm³/mol. The van der Waals surface area contributed by atoms with E-state index in [0.29, 0.717) is 6.10 Å². The fourth-order valence-electron chi connectivity index (χ4n) is 1.59. The van der Waals surface area contributed by atoms with Crippen molar-refractivity contribution in [1.29, 1.82) is 0 Å². The molecule has 0 radical (unpaired) electrons. The first-order chi connectivity index (χ1) is 6.10. The fraction of sp³-hybridized carbons (Fsp3) is 1.00. The van der Waals surface area contributed by atoms with E-state index >= 15 is 0 Å². The lowest BCUT2D eigenvalue weighted by Gasteiger charge is -2.40. The zero-order valence-electron chi connectivity index (χ0n) is 9.26. The van der Waals surface area contributed by atoms with Crippen molar-refractivity contribution in [3.05, 3.63) is 0 Å². The molecule has 1 atom stereocenters. The van der Waals surface area contributed by atoms with Gasteiger partial charge in [0, 0.05) is 18.6 Å². The second kappa shape index (κ2) is 4.40. The molecule has 3 heteroatoms. The molecule has 1 N–H and O–H groups in total. The number of likely N-dealkylation sites (N-methyl/N-ethyl adjacent to an activating group) is 2. The SMILES string of the molecule is CCN1CCO[C@H](C(C)(C)NC)C1. The number of hydrogen-bond acceptors (Lipinski definition) is 3. The van der Waals surface area contributed by atoms with Gasteiger partial charge in [0.25, 0.3) is 0 Å². The van der Waals surface area contributed by atoms with Crippen LogP contribution < -0.4 is 5.32 Å². The van der Waals surface area contributed by atoms with E-state index in [2.05, 4.69) is 31.0 Å². The van der Waals surface area contributed by atoms with Crippen molar-refractivity contribution >= 4 is 0 Å². The minimum atomic E-state index is 0.0772. The van der Waals surface area contributed by atoms with Crippen LogP contribution in [0.2, 0.25) is 0 Å². The van der Waals surface area contributed by atoms with Crippen molar-refractivity contribution in [2.75, 3.05) is 33.3 Å². The highest BCUT2D eigenvalue weighted by Crippen LogP contribution is 2.16. The Balaban J connectivity index is 2.50.